The van der Waals surface area contributed by atoms with Crippen LogP contribution in [0.3, 0.4) is 0 Å². The van der Waals surface area contributed by atoms with Gasteiger partial charge in [-0.1, -0.05) is 6.92 Å². The van der Waals surface area contributed by atoms with E-state index in [0.29, 0.717) is 12.5 Å². The van der Waals surface area contributed by atoms with E-state index in [2.05, 4.69) is 4.74 Å². The summed E-state index contributed by atoms with van der Waals surface area (Å²) >= 11 is 0. The van der Waals surface area contributed by atoms with Gasteiger partial charge in [-0.25, -0.2) is 4.79 Å². The van der Waals surface area contributed by atoms with E-state index in [4.69, 9.17) is 0 Å². The van der Waals surface area contributed by atoms with Crippen LogP contribution in [0.5, 0.6) is 0 Å². The fourth-order valence-electron chi connectivity index (χ4n) is 0.503. The molecule has 5 heteroatoms. The summed E-state index contributed by atoms with van der Waals surface area (Å²) in [5.74, 6) is -0.948. The smallest absolute Gasteiger partial charge is 0.412 e. The van der Waals surface area contributed by atoms with Crippen molar-refractivity contribution >= 4 is 5.97 Å². The minimum atomic E-state index is -4.45. The van der Waals surface area contributed by atoms with Gasteiger partial charge in [0.2, 0.25) is 0 Å². The lowest BCUT2D eigenvalue weighted by molar-refractivity contribution is -0.138. The molecular weight excluding hydrogens is 185 g/mol. The van der Waals surface area contributed by atoms with Gasteiger partial charge in [0, 0.05) is 11.6 Å². The topological polar surface area (TPSA) is 26.3 Å². The summed E-state index contributed by atoms with van der Waals surface area (Å²) in [5.41, 5.74) is -0.950. The van der Waals surface area contributed by atoms with Gasteiger partial charge in [0.15, 0.2) is 0 Å². The standard InChI is InChI=1S/C8H11F3O2/c1-3-4-13-7(12)5-6(2)8(9,10)11/h5H,3-4H2,1-2H3. The molecule has 0 spiro atoms. The zero-order chi connectivity index (χ0) is 10.5. The summed E-state index contributed by atoms with van der Waals surface area (Å²) in [4.78, 5) is 10.7. The van der Waals surface area contributed by atoms with Gasteiger partial charge in [0.25, 0.3) is 0 Å². The van der Waals surface area contributed by atoms with Crippen molar-refractivity contribution in [2.45, 2.75) is 26.4 Å². The lowest BCUT2D eigenvalue weighted by Crippen LogP contribution is -2.12. The second kappa shape index (κ2) is 4.89. The van der Waals surface area contributed by atoms with Gasteiger partial charge in [-0.3, -0.25) is 0 Å². The van der Waals surface area contributed by atoms with Gasteiger partial charge in [-0.2, -0.15) is 13.2 Å². The third-order valence-corrected chi connectivity index (χ3v) is 1.23. The Labute approximate surface area is 74.4 Å². The maximum absolute atomic E-state index is 11.9. The third kappa shape index (κ3) is 5.27. The van der Waals surface area contributed by atoms with E-state index in [0.717, 1.165) is 6.92 Å². The lowest BCUT2D eigenvalue weighted by Gasteiger charge is -2.05. The maximum atomic E-state index is 11.9. The monoisotopic (exact) mass is 196 g/mol. The Morgan fingerprint density at radius 2 is 2.00 bits per heavy atom. The highest BCUT2D eigenvalue weighted by molar-refractivity contribution is 5.82. The number of hydrogen-bond acceptors (Lipinski definition) is 2. The molecule has 0 bridgehead atoms. The zero-order valence-corrected chi connectivity index (χ0v) is 7.44. The average molecular weight is 196 g/mol. The van der Waals surface area contributed by atoms with Crippen molar-refractivity contribution in [3.05, 3.63) is 11.6 Å². The van der Waals surface area contributed by atoms with Gasteiger partial charge in [-0.05, 0) is 13.3 Å². The van der Waals surface area contributed by atoms with Gasteiger partial charge in [0.05, 0.1) is 6.61 Å². The molecule has 0 aliphatic carbocycles. The minimum Gasteiger partial charge on any atom is -0.463 e. The first-order valence-corrected chi connectivity index (χ1v) is 3.80. The molecule has 0 aromatic rings. The molecule has 0 atom stereocenters. The molecule has 0 saturated carbocycles. The van der Waals surface area contributed by atoms with Crippen molar-refractivity contribution in [1.29, 1.82) is 0 Å². The number of rotatable bonds is 3. The molecular formula is C8H11F3O2. The fraction of sp³-hybridized carbons (Fsp3) is 0.625. The molecule has 0 amide bonds. The van der Waals surface area contributed by atoms with Crippen molar-refractivity contribution in [3.63, 3.8) is 0 Å². The number of ether oxygens (including phenoxy) is 1. The summed E-state index contributed by atoms with van der Waals surface area (Å²) in [5, 5.41) is 0. The third-order valence-electron chi connectivity index (χ3n) is 1.23. The molecule has 0 saturated heterocycles. The Morgan fingerprint density at radius 1 is 1.46 bits per heavy atom. The predicted molar refractivity (Wildman–Crippen MR) is 41.1 cm³/mol. The molecule has 0 aromatic carbocycles. The molecule has 2 nitrogen and oxygen atoms in total. The van der Waals surface area contributed by atoms with Crippen molar-refractivity contribution in [3.8, 4) is 0 Å². The molecule has 0 rings (SSSR count). The fourth-order valence-corrected chi connectivity index (χ4v) is 0.503. The Bertz CT molecular complexity index is 206. The molecule has 0 aliphatic heterocycles. The van der Waals surface area contributed by atoms with E-state index in [1.807, 2.05) is 0 Å². The number of hydrogen-bond donors (Lipinski definition) is 0. The number of alkyl halides is 3. The predicted octanol–water partition coefficient (Wildman–Crippen LogP) is 2.45. The van der Waals surface area contributed by atoms with Gasteiger partial charge >= 0.3 is 12.1 Å². The Kier molecular flexibility index (Phi) is 4.51. The lowest BCUT2D eigenvalue weighted by atomic mass is 10.3. The van der Waals surface area contributed by atoms with Gasteiger partial charge in [-0.15, -0.1) is 0 Å². The van der Waals surface area contributed by atoms with Crippen LogP contribution in [0.1, 0.15) is 20.3 Å². The first kappa shape index (κ1) is 12.0. The number of allylic oxidation sites excluding steroid dienone is 1. The number of carbonyl (C=O) groups excluding carboxylic acids is 1. The van der Waals surface area contributed by atoms with Gasteiger partial charge in [0.1, 0.15) is 0 Å². The molecule has 0 radical (unpaired) electrons. The van der Waals surface area contributed by atoms with Crippen LogP contribution in [0, 0.1) is 0 Å². The highest BCUT2D eigenvalue weighted by atomic mass is 19.4. The normalized spacial score (nSPS) is 12.8. The molecule has 0 heterocycles. The van der Waals surface area contributed by atoms with Crippen molar-refractivity contribution < 1.29 is 22.7 Å². The Morgan fingerprint density at radius 3 is 2.38 bits per heavy atom. The molecule has 76 valence electrons. The van der Waals surface area contributed by atoms with Crippen LogP contribution < -0.4 is 0 Å². The SMILES string of the molecule is CCCOC(=O)C=C(C)C(F)(F)F. The van der Waals surface area contributed by atoms with Crippen LogP contribution in [0.4, 0.5) is 13.2 Å². The molecule has 0 unspecified atom stereocenters. The summed E-state index contributed by atoms with van der Waals surface area (Å²) in [6.45, 7) is 2.72. The summed E-state index contributed by atoms with van der Waals surface area (Å²) in [6.07, 6.45) is -3.41. The maximum Gasteiger partial charge on any atom is 0.412 e. The molecule has 0 aromatic heterocycles. The second-order valence-electron chi connectivity index (χ2n) is 2.49. The van der Waals surface area contributed by atoms with Crippen molar-refractivity contribution in [2.75, 3.05) is 6.61 Å². The van der Waals surface area contributed by atoms with Crippen LogP contribution in [-0.2, 0) is 9.53 Å². The summed E-state index contributed by atoms with van der Waals surface area (Å²) < 4.78 is 40.0. The summed E-state index contributed by atoms with van der Waals surface area (Å²) in [6, 6.07) is 0. The molecule has 0 fully saturated rings. The van der Waals surface area contributed by atoms with Crippen molar-refractivity contribution in [1.82, 2.24) is 0 Å². The molecule has 13 heavy (non-hydrogen) atoms. The number of esters is 1. The Balaban J connectivity index is 4.15. The molecule has 0 aliphatic rings. The van der Waals surface area contributed by atoms with Crippen molar-refractivity contribution in [2.24, 2.45) is 0 Å². The first-order chi connectivity index (χ1) is 5.88. The van der Waals surface area contributed by atoms with Crippen LogP contribution >= 0.6 is 0 Å². The zero-order valence-electron chi connectivity index (χ0n) is 7.44. The minimum absolute atomic E-state index is 0.139. The van der Waals surface area contributed by atoms with E-state index < -0.39 is 17.7 Å². The number of carbonyl (C=O) groups is 1. The van der Waals surface area contributed by atoms with Crippen LogP contribution in [0.2, 0.25) is 0 Å². The van der Waals surface area contributed by atoms with E-state index >= 15 is 0 Å². The van der Waals surface area contributed by atoms with E-state index in [1.54, 1.807) is 6.92 Å². The second-order valence-corrected chi connectivity index (χ2v) is 2.49. The van der Waals surface area contributed by atoms with Crippen LogP contribution in [0.25, 0.3) is 0 Å². The average Bonchev–Trinajstić information content (AvgIpc) is 1.99. The first-order valence-electron chi connectivity index (χ1n) is 3.80. The summed E-state index contributed by atoms with van der Waals surface area (Å²) in [7, 11) is 0. The van der Waals surface area contributed by atoms with E-state index in [1.165, 1.54) is 0 Å². The Hall–Kier alpha value is -1.00. The van der Waals surface area contributed by atoms with E-state index in [9.17, 15) is 18.0 Å². The van der Waals surface area contributed by atoms with E-state index in [-0.39, 0.29) is 6.61 Å². The van der Waals surface area contributed by atoms with Crippen LogP contribution in [0.15, 0.2) is 11.6 Å². The quantitative estimate of drug-likeness (QED) is 0.512. The van der Waals surface area contributed by atoms with Gasteiger partial charge < -0.3 is 4.74 Å². The highest BCUT2D eigenvalue weighted by Gasteiger charge is 2.30. The molecule has 0 N–H and O–H groups in total. The number of halogens is 3. The largest absolute Gasteiger partial charge is 0.463 e. The highest BCUT2D eigenvalue weighted by Crippen LogP contribution is 2.24. The van der Waals surface area contributed by atoms with Crippen LogP contribution in [-0.4, -0.2) is 18.8 Å².